The SMILES string of the molecule is Cc1cc(C(=O)O)ccc1Oc1ccc([N+](=O)[O-])cc1F. The lowest BCUT2D eigenvalue weighted by atomic mass is 10.1. The van der Waals surface area contributed by atoms with Crippen molar-refractivity contribution < 1.29 is 24.0 Å². The van der Waals surface area contributed by atoms with E-state index in [1.807, 2.05) is 0 Å². The molecule has 0 fully saturated rings. The van der Waals surface area contributed by atoms with Gasteiger partial charge in [-0.15, -0.1) is 0 Å². The minimum absolute atomic E-state index is 0.0871. The molecule has 0 saturated carbocycles. The Morgan fingerprint density at radius 2 is 1.90 bits per heavy atom. The zero-order valence-electron chi connectivity index (χ0n) is 10.9. The lowest BCUT2D eigenvalue weighted by Crippen LogP contribution is -1.98. The number of ether oxygens (including phenoxy) is 1. The molecule has 0 radical (unpaired) electrons. The normalized spacial score (nSPS) is 10.2. The number of carbonyl (C=O) groups is 1. The Kier molecular flexibility index (Phi) is 3.84. The van der Waals surface area contributed by atoms with Gasteiger partial charge in [0, 0.05) is 6.07 Å². The maximum Gasteiger partial charge on any atom is 0.335 e. The van der Waals surface area contributed by atoms with Crippen molar-refractivity contribution in [1.82, 2.24) is 0 Å². The number of halogens is 1. The Morgan fingerprint density at radius 1 is 1.24 bits per heavy atom. The van der Waals surface area contributed by atoms with Crippen LogP contribution in [0.5, 0.6) is 11.5 Å². The Labute approximate surface area is 118 Å². The number of rotatable bonds is 4. The molecule has 2 rings (SSSR count). The molecule has 0 aliphatic carbocycles. The summed E-state index contributed by atoms with van der Waals surface area (Å²) in [4.78, 5) is 20.6. The van der Waals surface area contributed by atoms with Gasteiger partial charge in [-0.3, -0.25) is 10.1 Å². The molecule has 0 aliphatic heterocycles. The second-order valence-electron chi connectivity index (χ2n) is 4.26. The first-order chi connectivity index (χ1) is 9.88. The number of carboxylic acid groups (broad SMARTS) is 1. The van der Waals surface area contributed by atoms with Crippen LogP contribution in [0.2, 0.25) is 0 Å². The van der Waals surface area contributed by atoms with Crippen molar-refractivity contribution in [2.45, 2.75) is 6.92 Å². The Hall–Kier alpha value is -2.96. The fraction of sp³-hybridized carbons (Fsp3) is 0.0714. The molecule has 2 aromatic rings. The van der Waals surface area contributed by atoms with E-state index in [1.165, 1.54) is 18.2 Å². The van der Waals surface area contributed by atoms with Crippen LogP contribution in [0.15, 0.2) is 36.4 Å². The molecule has 7 heteroatoms. The number of hydrogen-bond acceptors (Lipinski definition) is 4. The quantitative estimate of drug-likeness (QED) is 0.687. The van der Waals surface area contributed by atoms with Gasteiger partial charge in [0.2, 0.25) is 0 Å². The van der Waals surface area contributed by atoms with Crippen LogP contribution in [0.4, 0.5) is 10.1 Å². The minimum Gasteiger partial charge on any atom is -0.478 e. The van der Waals surface area contributed by atoms with Gasteiger partial charge in [0.1, 0.15) is 5.75 Å². The van der Waals surface area contributed by atoms with Gasteiger partial charge in [-0.25, -0.2) is 9.18 Å². The van der Waals surface area contributed by atoms with Crippen molar-refractivity contribution in [3.8, 4) is 11.5 Å². The summed E-state index contributed by atoms with van der Waals surface area (Å²) in [5.41, 5.74) is 0.217. The van der Waals surface area contributed by atoms with Crippen LogP contribution in [0.3, 0.4) is 0 Å². The lowest BCUT2D eigenvalue weighted by molar-refractivity contribution is -0.385. The van der Waals surface area contributed by atoms with E-state index in [9.17, 15) is 19.3 Å². The highest BCUT2D eigenvalue weighted by Gasteiger charge is 2.13. The van der Waals surface area contributed by atoms with Crippen LogP contribution in [-0.4, -0.2) is 16.0 Å². The summed E-state index contributed by atoms with van der Waals surface area (Å²) in [5.74, 6) is -1.85. The van der Waals surface area contributed by atoms with Crippen molar-refractivity contribution in [1.29, 1.82) is 0 Å². The van der Waals surface area contributed by atoms with Crippen molar-refractivity contribution >= 4 is 11.7 Å². The second-order valence-corrected chi connectivity index (χ2v) is 4.26. The summed E-state index contributed by atoms with van der Waals surface area (Å²) in [6.07, 6.45) is 0. The molecular formula is C14H10FNO5. The third-order valence-electron chi connectivity index (χ3n) is 2.77. The molecule has 0 unspecified atom stereocenters. The first kappa shape index (κ1) is 14.4. The van der Waals surface area contributed by atoms with Gasteiger partial charge in [-0.2, -0.15) is 0 Å². The van der Waals surface area contributed by atoms with E-state index in [1.54, 1.807) is 6.92 Å². The molecule has 0 spiro atoms. The van der Waals surface area contributed by atoms with Crippen LogP contribution in [0.25, 0.3) is 0 Å². The summed E-state index contributed by atoms with van der Waals surface area (Å²) in [5, 5.41) is 19.4. The van der Waals surface area contributed by atoms with Crippen molar-refractivity contribution in [3.63, 3.8) is 0 Å². The fourth-order valence-electron chi connectivity index (χ4n) is 1.70. The smallest absolute Gasteiger partial charge is 0.335 e. The average molecular weight is 291 g/mol. The molecule has 0 aliphatic rings. The van der Waals surface area contributed by atoms with E-state index < -0.39 is 16.7 Å². The topological polar surface area (TPSA) is 89.7 Å². The summed E-state index contributed by atoms with van der Waals surface area (Å²) >= 11 is 0. The van der Waals surface area contributed by atoms with Crippen molar-refractivity contribution in [2.75, 3.05) is 0 Å². The van der Waals surface area contributed by atoms with E-state index in [4.69, 9.17) is 9.84 Å². The molecule has 0 bridgehead atoms. The second kappa shape index (κ2) is 5.58. The maximum absolute atomic E-state index is 13.7. The number of non-ortho nitro benzene ring substituents is 1. The van der Waals surface area contributed by atoms with E-state index in [2.05, 4.69) is 0 Å². The van der Waals surface area contributed by atoms with Gasteiger partial charge in [0.05, 0.1) is 16.6 Å². The number of aryl methyl sites for hydroxylation is 1. The van der Waals surface area contributed by atoms with Gasteiger partial charge >= 0.3 is 5.97 Å². The highest BCUT2D eigenvalue weighted by molar-refractivity contribution is 5.88. The molecule has 0 saturated heterocycles. The number of nitro benzene ring substituents is 1. The minimum atomic E-state index is -1.08. The van der Waals surface area contributed by atoms with E-state index in [-0.39, 0.29) is 22.7 Å². The van der Waals surface area contributed by atoms with Gasteiger partial charge in [-0.05, 0) is 36.8 Å². The maximum atomic E-state index is 13.7. The molecule has 0 aromatic heterocycles. The average Bonchev–Trinajstić information content (AvgIpc) is 2.42. The highest BCUT2D eigenvalue weighted by Crippen LogP contribution is 2.29. The molecule has 108 valence electrons. The Bertz CT molecular complexity index is 668. The molecule has 2 aromatic carbocycles. The van der Waals surface area contributed by atoms with E-state index in [0.717, 1.165) is 18.2 Å². The lowest BCUT2D eigenvalue weighted by Gasteiger charge is -2.10. The van der Waals surface area contributed by atoms with Gasteiger partial charge in [-0.1, -0.05) is 0 Å². The predicted molar refractivity (Wildman–Crippen MR) is 71.3 cm³/mol. The van der Waals surface area contributed by atoms with Gasteiger partial charge < -0.3 is 9.84 Å². The van der Waals surface area contributed by atoms with Crippen LogP contribution in [-0.2, 0) is 0 Å². The molecule has 0 amide bonds. The van der Waals surface area contributed by atoms with Crippen LogP contribution in [0, 0.1) is 22.9 Å². The molecule has 1 N–H and O–H groups in total. The largest absolute Gasteiger partial charge is 0.478 e. The standard InChI is InChI=1S/C14H10FNO5/c1-8-6-9(14(17)18)2-4-12(8)21-13-5-3-10(16(19)20)7-11(13)15/h2-7H,1H3,(H,17,18). The summed E-state index contributed by atoms with van der Waals surface area (Å²) < 4.78 is 19.0. The summed E-state index contributed by atoms with van der Waals surface area (Å²) in [6, 6.07) is 7.15. The molecule has 21 heavy (non-hydrogen) atoms. The summed E-state index contributed by atoms with van der Waals surface area (Å²) in [7, 11) is 0. The Balaban J connectivity index is 2.30. The van der Waals surface area contributed by atoms with Crippen molar-refractivity contribution in [2.24, 2.45) is 0 Å². The molecule has 6 nitrogen and oxygen atoms in total. The number of hydrogen-bond donors (Lipinski definition) is 1. The number of aromatic carboxylic acids is 1. The number of nitrogens with zero attached hydrogens (tertiary/aromatic N) is 1. The number of nitro groups is 1. The zero-order valence-corrected chi connectivity index (χ0v) is 10.9. The molecule has 0 heterocycles. The first-order valence-electron chi connectivity index (χ1n) is 5.84. The van der Waals surface area contributed by atoms with Crippen LogP contribution >= 0.6 is 0 Å². The first-order valence-corrected chi connectivity index (χ1v) is 5.84. The Morgan fingerprint density at radius 3 is 2.43 bits per heavy atom. The van der Waals surface area contributed by atoms with Crippen molar-refractivity contribution in [3.05, 3.63) is 63.5 Å². The summed E-state index contributed by atoms with van der Waals surface area (Å²) in [6.45, 7) is 1.62. The fourth-order valence-corrected chi connectivity index (χ4v) is 1.70. The molecular weight excluding hydrogens is 281 g/mol. The third kappa shape index (κ3) is 3.14. The van der Waals surface area contributed by atoms with Crippen LogP contribution < -0.4 is 4.74 Å². The van der Waals surface area contributed by atoms with Crippen LogP contribution in [0.1, 0.15) is 15.9 Å². The highest BCUT2D eigenvalue weighted by atomic mass is 19.1. The van der Waals surface area contributed by atoms with Gasteiger partial charge in [0.25, 0.3) is 5.69 Å². The van der Waals surface area contributed by atoms with E-state index in [0.29, 0.717) is 5.56 Å². The molecule has 0 atom stereocenters. The monoisotopic (exact) mass is 291 g/mol. The van der Waals surface area contributed by atoms with Gasteiger partial charge in [0.15, 0.2) is 11.6 Å². The zero-order chi connectivity index (χ0) is 15.6. The number of carboxylic acids is 1. The number of benzene rings is 2. The predicted octanol–water partition coefficient (Wildman–Crippen LogP) is 3.53. The third-order valence-corrected chi connectivity index (χ3v) is 2.77. The van der Waals surface area contributed by atoms with E-state index >= 15 is 0 Å².